The Kier molecular flexibility index (Phi) is 4.74. The van der Waals surface area contributed by atoms with Crippen LogP contribution < -0.4 is 10.6 Å². The number of benzene rings is 1. The normalized spacial score (nSPS) is 17.1. The van der Waals surface area contributed by atoms with Crippen LogP contribution in [0.1, 0.15) is 37.2 Å². The van der Waals surface area contributed by atoms with Crippen molar-refractivity contribution in [2.45, 2.75) is 31.6 Å². The molecule has 3 N–H and O–H groups in total. The SMILES string of the molecule is NCCCCCC(=O)N1CC(C(=O)O)c2ccccc21. The highest BCUT2D eigenvalue weighted by molar-refractivity contribution is 5.98. The van der Waals surface area contributed by atoms with E-state index in [1.165, 1.54) is 0 Å². The number of aliphatic carboxylic acids is 1. The van der Waals surface area contributed by atoms with E-state index in [0.29, 0.717) is 13.0 Å². The maximum absolute atomic E-state index is 12.2. The summed E-state index contributed by atoms with van der Waals surface area (Å²) < 4.78 is 0. The molecule has 0 fully saturated rings. The van der Waals surface area contributed by atoms with Gasteiger partial charge in [0.25, 0.3) is 0 Å². The Morgan fingerprint density at radius 3 is 2.70 bits per heavy atom. The number of amides is 1. The number of nitrogens with zero attached hydrogens (tertiary/aromatic N) is 1. The summed E-state index contributed by atoms with van der Waals surface area (Å²) in [6.45, 7) is 0.881. The van der Waals surface area contributed by atoms with Gasteiger partial charge in [-0.15, -0.1) is 0 Å². The Hall–Kier alpha value is -1.88. The first kappa shape index (κ1) is 14.5. The Morgan fingerprint density at radius 2 is 2.00 bits per heavy atom. The summed E-state index contributed by atoms with van der Waals surface area (Å²) in [5.41, 5.74) is 6.89. The van der Waals surface area contributed by atoms with Crippen LogP contribution in [0.5, 0.6) is 0 Å². The van der Waals surface area contributed by atoms with E-state index in [9.17, 15) is 14.7 Å². The van der Waals surface area contributed by atoms with E-state index in [2.05, 4.69) is 0 Å². The highest BCUT2D eigenvalue weighted by Crippen LogP contribution is 2.36. The number of para-hydroxylation sites is 1. The minimum absolute atomic E-state index is 0.00165. The lowest BCUT2D eigenvalue weighted by Crippen LogP contribution is -2.31. The van der Waals surface area contributed by atoms with E-state index < -0.39 is 11.9 Å². The number of hydrogen-bond acceptors (Lipinski definition) is 3. The summed E-state index contributed by atoms with van der Waals surface area (Å²) in [7, 11) is 0. The third-order valence-electron chi connectivity index (χ3n) is 3.66. The molecule has 1 aliphatic heterocycles. The van der Waals surface area contributed by atoms with Crippen molar-refractivity contribution in [3.05, 3.63) is 29.8 Å². The average Bonchev–Trinajstić information content (AvgIpc) is 2.83. The van der Waals surface area contributed by atoms with Gasteiger partial charge in [0.1, 0.15) is 5.92 Å². The number of unbranched alkanes of at least 4 members (excludes halogenated alkanes) is 2. The zero-order chi connectivity index (χ0) is 14.5. The third kappa shape index (κ3) is 2.99. The van der Waals surface area contributed by atoms with Gasteiger partial charge in [0.05, 0.1) is 0 Å². The molecular weight excluding hydrogens is 256 g/mol. The van der Waals surface area contributed by atoms with Crippen LogP contribution in [-0.4, -0.2) is 30.1 Å². The second-order valence-corrected chi connectivity index (χ2v) is 5.05. The van der Waals surface area contributed by atoms with Crippen molar-refractivity contribution < 1.29 is 14.7 Å². The van der Waals surface area contributed by atoms with E-state index in [-0.39, 0.29) is 12.5 Å². The topological polar surface area (TPSA) is 83.6 Å². The van der Waals surface area contributed by atoms with E-state index in [1.807, 2.05) is 18.2 Å². The third-order valence-corrected chi connectivity index (χ3v) is 3.66. The fourth-order valence-corrected chi connectivity index (χ4v) is 2.59. The molecule has 1 heterocycles. The zero-order valence-corrected chi connectivity index (χ0v) is 11.4. The molecule has 1 aliphatic rings. The maximum Gasteiger partial charge on any atom is 0.312 e. The molecule has 5 nitrogen and oxygen atoms in total. The van der Waals surface area contributed by atoms with E-state index in [1.54, 1.807) is 11.0 Å². The predicted molar refractivity (Wildman–Crippen MR) is 76.7 cm³/mol. The van der Waals surface area contributed by atoms with Crippen molar-refractivity contribution >= 4 is 17.6 Å². The second kappa shape index (κ2) is 6.52. The van der Waals surface area contributed by atoms with Gasteiger partial charge in [-0.3, -0.25) is 9.59 Å². The van der Waals surface area contributed by atoms with Gasteiger partial charge < -0.3 is 15.7 Å². The number of nitrogens with two attached hydrogens (primary N) is 1. The Balaban J connectivity index is 2.06. The van der Waals surface area contributed by atoms with Crippen molar-refractivity contribution in [3.8, 4) is 0 Å². The zero-order valence-electron chi connectivity index (χ0n) is 11.4. The molecule has 0 bridgehead atoms. The number of anilines is 1. The molecule has 0 aliphatic carbocycles. The molecule has 5 heteroatoms. The number of carboxylic acids is 1. The first-order valence-corrected chi connectivity index (χ1v) is 6.97. The van der Waals surface area contributed by atoms with Crippen LogP contribution in [0.25, 0.3) is 0 Å². The summed E-state index contributed by atoms with van der Waals surface area (Å²) in [4.78, 5) is 25.1. The van der Waals surface area contributed by atoms with Crippen molar-refractivity contribution in [3.63, 3.8) is 0 Å². The fraction of sp³-hybridized carbons (Fsp3) is 0.467. The first-order chi connectivity index (χ1) is 9.65. The van der Waals surface area contributed by atoms with Gasteiger partial charge in [-0.05, 0) is 31.0 Å². The quantitative estimate of drug-likeness (QED) is 0.775. The monoisotopic (exact) mass is 276 g/mol. The summed E-state index contributed by atoms with van der Waals surface area (Å²) in [5, 5.41) is 9.25. The number of fused-ring (bicyclic) bond motifs is 1. The lowest BCUT2D eigenvalue weighted by molar-refractivity contribution is -0.138. The van der Waals surface area contributed by atoms with Crippen molar-refractivity contribution in [1.29, 1.82) is 0 Å². The summed E-state index contributed by atoms with van der Waals surface area (Å²) in [5.74, 6) is -1.49. The Labute approximate surface area is 118 Å². The predicted octanol–water partition coefficient (Wildman–Crippen LogP) is 1.72. The maximum atomic E-state index is 12.2. The minimum Gasteiger partial charge on any atom is -0.481 e. The summed E-state index contributed by atoms with van der Waals surface area (Å²) in [6.07, 6.45) is 3.09. The van der Waals surface area contributed by atoms with Crippen molar-refractivity contribution in [1.82, 2.24) is 0 Å². The molecule has 0 saturated carbocycles. The Bertz CT molecular complexity index is 502. The van der Waals surface area contributed by atoms with Gasteiger partial charge in [0, 0.05) is 18.7 Å². The standard InChI is InChI=1S/C15H20N2O3/c16-9-5-1-2-8-14(18)17-10-12(15(19)20)11-6-3-4-7-13(11)17/h3-4,6-7,12H,1-2,5,8-10,16H2,(H,19,20). The molecule has 0 aromatic heterocycles. The number of carbonyl (C=O) groups is 2. The number of hydrogen-bond donors (Lipinski definition) is 2. The van der Waals surface area contributed by atoms with Crippen LogP contribution in [0.15, 0.2) is 24.3 Å². The van der Waals surface area contributed by atoms with Crippen LogP contribution in [0, 0.1) is 0 Å². The van der Waals surface area contributed by atoms with Gasteiger partial charge in [0.15, 0.2) is 0 Å². The molecule has 1 unspecified atom stereocenters. The van der Waals surface area contributed by atoms with E-state index in [0.717, 1.165) is 30.5 Å². The van der Waals surface area contributed by atoms with Crippen LogP contribution in [0.4, 0.5) is 5.69 Å². The van der Waals surface area contributed by atoms with Crippen LogP contribution in [0.3, 0.4) is 0 Å². The van der Waals surface area contributed by atoms with Gasteiger partial charge in [0.2, 0.25) is 5.91 Å². The fourth-order valence-electron chi connectivity index (χ4n) is 2.59. The molecule has 1 amide bonds. The molecule has 108 valence electrons. The van der Waals surface area contributed by atoms with Crippen LogP contribution in [-0.2, 0) is 9.59 Å². The summed E-state index contributed by atoms with van der Waals surface area (Å²) in [6, 6.07) is 7.24. The van der Waals surface area contributed by atoms with Gasteiger partial charge >= 0.3 is 5.97 Å². The molecule has 0 saturated heterocycles. The number of rotatable bonds is 6. The second-order valence-electron chi connectivity index (χ2n) is 5.05. The molecule has 1 aromatic rings. The molecule has 1 aromatic carbocycles. The molecule has 0 spiro atoms. The molecule has 1 atom stereocenters. The molecule has 2 rings (SSSR count). The number of carboxylic acid groups (broad SMARTS) is 1. The number of carbonyl (C=O) groups excluding carboxylic acids is 1. The smallest absolute Gasteiger partial charge is 0.312 e. The van der Waals surface area contributed by atoms with Crippen LogP contribution >= 0.6 is 0 Å². The average molecular weight is 276 g/mol. The molecular formula is C15H20N2O3. The molecule has 20 heavy (non-hydrogen) atoms. The highest BCUT2D eigenvalue weighted by atomic mass is 16.4. The van der Waals surface area contributed by atoms with Crippen molar-refractivity contribution in [2.24, 2.45) is 5.73 Å². The van der Waals surface area contributed by atoms with Crippen LogP contribution in [0.2, 0.25) is 0 Å². The largest absolute Gasteiger partial charge is 0.481 e. The van der Waals surface area contributed by atoms with Gasteiger partial charge in [-0.25, -0.2) is 0 Å². The minimum atomic E-state index is -0.879. The van der Waals surface area contributed by atoms with E-state index in [4.69, 9.17) is 5.73 Å². The molecule has 0 radical (unpaired) electrons. The first-order valence-electron chi connectivity index (χ1n) is 6.97. The van der Waals surface area contributed by atoms with Crippen molar-refractivity contribution in [2.75, 3.05) is 18.0 Å². The summed E-state index contributed by atoms with van der Waals surface area (Å²) >= 11 is 0. The Morgan fingerprint density at radius 1 is 1.25 bits per heavy atom. The lowest BCUT2D eigenvalue weighted by atomic mass is 10.0. The van der Waals surface area contributed by atoms with E-state index >= 15 is 0 Å². The highest BCUT2D eigenvalue weighted by Gasteiger charge is 2.35. The van der Waals surface area contributed by atoms with Gasteiger partial charge in [-0.2, -0.15) is 0 Å². The lowest BCUT2D eigenvalue weighted by Gasteiger charge is -2.17. The van der Waals surface area contributed by atoms with Gasteiger partial charge in [-0.1, -0.05) is 24.6 Å².